The molecule has 1 aromatic carbocycles. The molecule has 5 nitrogen and oxygen atoms in total. The quantitative estimate of drug-likeness (QED) is 0.627. The van der Waals surface area contributed by atoms with E-state index in [1.54, 1.807) is 0 Å². The number of carbonyl (C=O) groups is 1. The molecular formula is C17H24N2O3. The van der Waals surface area contributed by atoms with Crippen molar-refractivity contribution in [2.45, 2.75) is 25.8 Å². The molecule has 1 aliphatic heterocycles. The molecule has 0 saturated carbocycles. The molecule has 22 heavy (non-hydrogen) atoms. The van der Waals surface area contributed by atoms with Crippen molar-refractivity contribution >= 4 is 6.03 Å². The molecule has 1 aliphatic rings. The minimum Gasteiger partial charge on any atom is -0.493 e. The number of carbonyl (C=O) groups excluding carboxylic acids is 1. The molecule has 1 unspecified atom stereocenters. The highest BCUT2D eigenvalue weighted by atomic mass is 16.5. The first-order chi connectivity index (χ1) is 10.7. The van der Waals surface area contributed by atoms with Crippen LogP contribution in [0.3, 0.4) is 0 Å². The van der Waals surface area contributed by atoms with E-state index >= 15 is 0 Å². The summed E-state index contributed by atoms with van der Waals surface area (Å²) in [6, 6.07) is 7.65. The van der Waals surface area contributed by atoms with Gasteiger partial charge in [0.1, 0.15) is 5.75 Å². The van der Waals surface area contributed by atoms with Gasteiger partial charge in [0.2, 0.25) is 0 Å². The van der Waals surface area contributed by atoms with Crippen molar-refractivity contribution < 1.29 is 14.3 Å². The average molecular weight is 304 g/mol. The van der Waals surface area contributed by atoms with Gasteiger partial charge in [0, 0.05) is 12.1 Å². The Labute approximate surface area is 131 Å². The molecule has 5 heteroatoms. The largest absolute Gasteiger partial charge is 0.493 e. The van der Waals surface area contributed by atoms with Gasteiger partial charge in [0.25, 0.3) is 0 Å². The first kappa shape index (κ1) is 16.4. The van der Waals surface area contributed by atoms with E-state index in [1.165, 1.54) is 0 Å². The first-order valence-electron chi connectivity index (χ1n) is 7.65. The second kappa shape index (κ2) is 8.44. The molecule has 0 saturated heterocycles. The second-order valence-electron chi connectivity index (χ2n) is 5.49. The van der Waals surface area contributed by atoms with E-state index in [2.05, 4.69) is 17.2 Å². The third-order valence-corrected chi connectivity index (χ3v) is 3.37. The lowest BCUT2D eigenvalue weighted by Gasteiger charge is -2.18. The fourth-order valence-electron chi connectivity index (χ4n) is 2.37. The average Bonchev–Trinajstić information content (AvgIpc) is 2.69. The smallest absolute Gasteiger partial charge is 0.315 e. The van der Waals surface area contributed by atoms with Gasteiger partial charge in [-0.05, 0) is 25.8 Å². The van der Waals surface area contributed by atoms with Crippen LogP contribution in [0.2, 0.25) is 0 Å². The zero-order chi connectivity index (χ0) is 15.8. The van der Waals surface area contributed by atoms with Gasteiger partial charge in [-0.25, -0.2) is 4.79 Å². The Morgan fingerprint density at radius 1 is 1.45 bits per heavy atom. The van der Waals surface area contributed by atoms with E-state index in [9.17, 15) is 4.79 Å². The van der Waals surface area contributed by atoms with Gasteiger partial charge < -0.3 is 20.1 Å². The number of rotatable bonds is 6. The SMILES string of the molecule is C=C(C)COCCNC(=O)NC1CCCOc2ccccc21. The number of para-hydroxylation sites is 1. The van der Waals surface area contributed by atoms with E-state index in [-0.39, 0.29) is 12.1 Å². The van der Waals surface area contributed by atoms with Crippen LogP contribution in [0.1, 0.15) is 31.4 Å². The van der Waals surface area contributed by atoms with Gasteiger partial charge in [0.05, 0.1) is 25.9 Å². The Hall–Kier alpha value is -2.01. The molecule has 1 atom stereocenters. The number of hydrogen-bond donors (Lipinski definition) is 2. The van der Waals surface area contributed by atoms with Crippen LogP contribution >= 0.6 is 0 Å². The molecule has 2 rings (SSSR count). The lowest BCUT2D eigenvalue weighted by Crippen LogP contribution is -2.39. The van der Waals surface area contributed by atoms with Crippen molar-refractivity contribution in [2.75, 3.05) is 26.4 Å². The van der Waals surface area contributed by atoms with Crippen LogP contribution in [0.25, 0.3) is 0 Å². The summed E-state index contributed by atoms with van der Waals surface area (Å²) in [5.41, 5.74) is 2.01. The van der Waals surface area contributed by atoms with Gasteiger partial charge in [0.15, 0.2) is 0 Å². The monoisotopic (exact) mass is 304 g/mol. The third kappa shape index (κ3) is 5.07. The van der Waals surface area contributed by atoms with Crippen LogP contribution in [-0.4, -0.2) is 32.4 Å². The molecular weight excluding hydrogens is 280 g/mol. The summed E-state index contributed by atoms with van der Waals surface area (Å²) in [5.74, 6) is 0.857. The van der Waals surface area contributed by atoms with Gasteiger partial charge in [-0.15, -0.1) is 0 Å². The molecule has 0 spiro atoms. The third-order valence-electron chi connectivity index (χ3n) is 3.37. The van der Waals surface area contributed by atoms with Crippen molar-refractivity contribution in [1.82, 2.24) is 10.6 Å². The predicted molar refractivity (Wildman–Crippen MR) is 86.1 cm³/mol. The summed E-state index contributed by atoms with van der Waals surface area (Å²) < 4.78 is 11.0. The van der Waals surface area contributed by atoms with E-state index in [0.29, 0.717) is 26.4 Å². The van der Waals surface area contributed by atoms with Crippen molar-refractivity contribution in [1.29, 1.82) is 0 Å². The minimum absolute atomic E-state index is 0.0185. The van der Waals surface area contributed by atoms with E-state index in [1.807, 2.05) is 31.2 Å². The van der Waals surface area contributed by atoms with Crippen LogP contribution in [0, 0.1) is 0 Å². The van der Waals surface area contributed by atoms with Crippen molar-refractivity contribution in [3.63, 3.8) is 0 Å². The molecule has 0 bridgehead atoms. The summed E-state index contributed by atoms with van der Waals surface area (Å²) in [6.07, 6.45) is 1.79. The summed E-state index contributed by atoms with van der Waals surface area (Å²) in [4.78, 5) is 12.0. The van der Waals surface area contributed by atoms with Gasteiger partial charge in [-0.3, -0.25) is 0 Å². The van der Waals surface area contributed by atoms with E-state index in [0.717, 1.165) is 29.7 Å². The fraction of sp³-hybridized carbons (Fsp3) is 0.471. The molecule has 2 amide bonds. The Morgan fingerprint density at radius 2 is 2.27 bits per heavy atom. The highest BCUT2D eigenvalue weighted by Gasteiger charge is 2.20. The summed E-state index contributed by atoms with van der Waals surface area (Å²) >= 11 is 0. The Morgan fingerprint density at radius 3 is 3.09 bits per heavy atom. The van der Waals surface area contributed by atoms with Crippen molar-refractivity contribution in [3.05, 3.63) is 42.0 Å². The normalized spacial score (nSPS) is 16.9. The maximum Gasteiger partial charge on any atom is 0.315 e. The molecule has 0 radical (unpaired) electrons. The number of fused-ring (bicyclic) bond motifs is 1. The summed E-state index contributed by atoms with van der Waals surface area (Å²) in [7, 11) is 0. The summed E-state index contributed by atoms with van der Waals surface area (Å²) in [5, 5.41) is 5.82. The number of amides is 2. The molecule has 120 valence electrons. The summed E-state index contributed by atoms with van der Waals surface area (Å²) in [6.45, 7) is 7.83. The van der Waals surface area contributed by atoms with E-state index < -0.39 is 0 Å². The van der Waals surface area contributed by atoms with Crippen LogP contribution in [0.5, 0.6) is 5.75 Å². The molecule has 0 aromatic heterocycles. The Kier molecular flexibility index (Phi) is 6.27. The molecule has 1 heterocycles. The van der Waals surface area contributed by atoms with Crippen molar-refractivity contribution in [2.24, 2.45) is 0 Å². The van der Waals surface area contributed by atoms with Gasteiger partial charge in [-0.1, -0.05) is 30.4 Å². The molecule has 0 fully saturated rings. The van der Waals surface area contributed by atoms with E-state index in [4.69, 9.17) is 9.47 Å². The number of hydrogen-bond acceptors (Lipinski definition) is 3. The standard InChI is InChI=1S/C17H24N2O3/c1-13(2)12-21-11-9-18-17(20)19-15-7-5-10-22-16-8-4-3-6-14(15)16/h3-4,6,8,15H,1,5,7,9-12H2,2H3,(H2,18,19,20). The topological polar surface area (TPSA) is 59.6 Å². The van der Waals surface area contributed by atoms with Crippen molar-refractivity contribution in [3.8, 4) is 5.75 Å². The highest BCUT2D eigenvalue weighted by molar-refractivity contribution is 5.74. The predicted octanol–water partition coefficient (Wildman–Crippen LogP) is 2.79. The van der Waals surface area contributed by atoms with Crippen LogP contribution in [0.15, 0.2) is 36.4 Å². The highest BCUT2D eigenvalue weighted by Crippen LogP contribution is 2.30. The lowest BCUT2D eigenvalue weighted by molar-refractivity contribution is 0.157. The maximum absolute atomic E-state index is 12.0. The second-order valence-corrected chi connectivity index (χ2v) is 5.49. The lowest BCUT2D eigenvalue weighted by atomic mass is 10.0. The van der Waals surface area contributed by atoms with Gasteiger partial charge >= 0.3 is 6.03 Å². The van der Waals surface area contributed by atoms with Crippen LogP contribution < -0.4 is 15.4 Å². The number of ether oxygens (including phenoxy) is 2. The number of benzene rings is 1. The molecule has 2 N–H and O–H groups in total. The zero-order valence-electron chi connectivity index (χ0n) is 13.1. The maximum atomic E-state index is 12.0. The van der Waals surface area contributed by atoms with Crippen LogP contribution in [-0.2, 0) is 4.74 Å². The fourth-order valence-corrected chi connectivity index (χ4v) is 2.37. The zero-order valence-corrected chi connectivity index (χ0v) is 13.1. The molecule has 0 aliphatic carbocycles. The number of nitrogens with one attached hydrogen (secondary N) is 2. The van der Waals surface area contributed by atoms with Gasteiger partial charge in [-0.2, -0.15) is 0 Å². The minimum atomic E-state index is -0.180. The number of urea groups is 1. The molecule has 1 aromatic rings. The Bertz CT molecular complexity index is 516. The van der Waals surface area contributed by atoms with Crippen LogP contribution in [0.4, 0.5) is 4.79 Å². The Balaban J connectivity index is 1.80. The first-order valence-corrected chi connectivity index (χ1v) is 7.65.